The highest BCUT2D eigenvalue weighted by molar-refractivity contribution is 7.85. The summed E-state index contributed by atoms with van der Waals surface area (Å²) in [6.07, 6.45) is 22.8. The summed E-state index contributed by atoms with van der Waals surface area (Å²) in [7, 11) is -3.24. The molecule has 0 radical (unpaired) electrons. The molecule has 0 aromatic heterocycles. The van der Waals surface area contributed by atoms with E-state index in [0.717, 1.165) is 25.0 Å². The van der Waals surface area contributed by atoms with Crippen LogP contribution >= 0.6 is 0 Å². The van der Waals surface area contributed by atoms with Crippen LogP contribution in [0.1, 0.15) is 103 Å². The highest BCUT2D eigenvalue weighted by Gasteiger charge is 2.15. The maximum absolute atomic E-state index is 10.8. The molecule has 1 aliphatic rings. The smallest absolute Gasteiger partial charge is 0.264 e. The Balaban J connectivity index is 1.66. The molecule has 1 saturated carbocycles. The summed E-state index contributed by atoms with van der Waals surface area (Å²) >= 11 is 0. The fraction of sp³-hybridized carbons (Fsp3) is 1.00. The van der Waals surface area contributed by atoms with Crippen LogP contribution in [0.5, 0.6) is 0 Å². The van der Waals surface area contributed by atoms with E-state index in [1.807, 2.05) is 0 Å². The first kappa shape index (κ1) is 21.0. The highest BCUT2D eigenvalue weighted by atomic mass is 32.2. The van der Waals surface area contributed by atoms with E-state index >= 15 is 0 Å². The average Bonchev–Trinajstić information content (AvgIpc) is 2.43. The molecule has 3 nitrogen and oxygen atoms in total. The van der Waals surface area contributed by atoms with Crippen LogP contribution in [-0.4, -0.2) is 21.3 Å². The first-order chi connectivity index (χ1) is 11.1. The van der Waals surface area contributed by atoms with Gasteiger partial charge in [-0.15, -0.1) is 0 Å². The predicted octanol–water partition coefficient (Wildman–Crippen LogP) is 5.83. The molecule has 0 amide bonds. The van der Waals surface area contributed by atoms with Crippen molar-refractivity contribution in [1.82, 2.24) is 0 Å². The van der Waals surface area contributed by atoms with Crippen molar-refractivity contribution in [2.24, 2.45) is 5.92 Å². The zero-order valence-corrected chi connectivity index (χ0v) is 16.0. The third-order valence-electron chi connectivity index (χ3n) is 5.03. The Kier molecular flexibility index (Phi) is 12.1. The molecule has 0 heterocycles. The summed E-state index contributed by atoms with van der Waals surface area (Å²) in [6.45, 7) is 0.347. The van der Waals surface area contributed by atoms with E-state index in [1.165, 1.54) is 89.9 Å². The fourth-order valence-electron chi connectivity index (χ4n) is 3.29. The molecule has 0 atom stereocenters. The summed E-state index contributed by atoms with van der Waals surface area (Å²) in [5.41, 5.74) is 0. The van der Waals surface area contributed by atoms with Gasteiger partial charge < -0.3 is 0 Å². The molecule has 23 heavy (non-hydrogen) atoms. The van der Waals surface area contributed by atoms with Crippen molar-refractivity contribution in [2.45, 2.75) is 103 Å². The van der Waals surface area contributed by atoms with Crippen molar-refractivity contribution >= 4 is 10.1 Å². The zero-order chi connectivity index (χ0) is 16.8. The summed E-state index contributed by atoms with van der Waals surface area (Å²) < 4.78 is 26.3. The van der Waals surface area contributed by atoms with Crippen molar-refractivity contribution in [3.63, 3.8) is 0 Å². The molecule has 1 rings (SSSR count). The average molecular weight is 347 g/mol. The lowest BCUT2D eigenvalue weighted by atomic mass is 9.81. The second-order valence-electron chi connectivity index (χ2n) is 7.35. The number of hydrogen-bond donors (Lipinski definition) is 0. The van der Waals surface area contributed by atoms with E-state index in [4.69, 9.17) is 4.18 Å². The maximum Gasteiger partial charge on any atom is 0.264 e. The molecule has 138 valence electrons. The van der Waals surface area contributed by atoms with Gasteiger partial charge >= 0.3 is 0 Å². The van der Waals surface area contributed by atoms with Gasteiger partial charge in [0.2, 0.25) is 0 Å². The Hall–Kier alpha value is -0.0900. The van der Waals surface area contributed by atoms with Gasteiger partial charge in [-0.05, 0) is 12.3 Å². The monoisotopic (exact) mass is 346 g/mol. The van der Waals surface area contributed by atoms with Crippen LogP contribution in [0.2, 0.25) is 0 Å². The van der Waals surface area contributed by atoms with Crippen LogP contribution in [0.25, 0.3) is 0 Å². The molecular formula is C19H38O3S. The first-order valence-corrected chi connectivity index (χ1v) is 11.7. The van der Waals surface area contributed by atoms with Crippen LogP contribution in [-0.2, 0) is 14.3 Å². The van der Waals surface area contributed by atoms with Crippen molar-refractivity contribution in [1.29, 1.82) is 0 Å². The van der Waals surface area contributed by atoms with Crippen molar-refractivity contribution in [3.8, 4) is 0 Å². The van der Waals surface area contributed by atoms with E-state index in [0.29, 0.717) is 6.61 Å². The summed E-state index contributed by atoms with van der Waals surface area (Å²) in [4.78, 5) is 0. The largest absolute Gasteiger partial charge is 0.270 e. The number of rotatable bonds is 16. The SMILES string of the molecule is CS(=O)(=O)OCCCCCCCCCCCCCCC1CCC1. The van der Waals surface area contributed by atoms with Gasteiger partial charge in [-0.1, -0.05) is 96.3 Å². The standard InChI is InChI=1S/C19H38O3S/c1-23(20,21)22-18-13-11-9-7-5-3-2-4-6-8-10-12-15-19-16-14-17-19/h19H,2-18H2,1H3. The van der Waals surface area contributed by atoms with Gasteiger partial charge in [-0.2, -0.15) is 8.42 Å². The molecule has 0 N–H and O–H groups in total. The normalized spacial score (nSPS) is 15.7. The molecule has 4 heteroatoms. The third-order valence-corrected chi connectivity index (χ3v) is 5.62. The van der Waals surface area contributed by atoms with Gasteiger partial charge in [0.15, 0.2) is 0 Å². The second-order valence-corrected chi connectivity index (χ2v) is 9.00. The van der Waals surface area contributed by atoms with Crippen molar-refractivity contribution < 1.29 is 12.6 Å². The van der Waals surface area contributed by atoms with Gasteiger partial charge in [0.05, 0.1) is 12.9 Å². The predicted molar refractivity (Wildman–Crippen MR) is 98.2 cm³/mol. The molecule has 1 fully saturated rings. The molecule has 1 aliphatic carbocycles. The van der Waals surface area contributed by atoms with E-state index in [9.17, 15) is 8.42 Å². The minimum absolute atomic E-state index is 0.347. The number of hydrogen-bond acceptors (Lipinski definition) is 3. The quantitative estimate of drug-likeness (QED) is 0.261. The molecule has 0 spiro atoms. The minimum Gasteiger partial charge on any atom is -0.270 e. The van der Waals surface area contributed by atoms with Gasteiger partial charge in [0, 0.05) is 0 Å². The minimum atomic E-state index is -3.24. The highest BCUT2D eigenvalue weighted by Crippen LogP contribution is 2.31. The Morgan fingerprint density at radius 1 is 0.739 bits per heavy atom. The van der Waals surface area contributed by atoms with Gasteiger partial charge in [0.1, 0.15) is 0 Å². The molecule has 0 aromatic carbocycles. The Labute approximate surface area is 144 Å². The van der Waals surface area contributed by atoms with E-state index < -0.39 is 10.1 Å². The first-order valence-electron chi connectivity index (χ1n) is 9.92. The van der Waals surface area contributed by atoms with Crippen molar-refractivity contribution in [3.05, 3.63) is 0 Å². The molecule has 0 saturated heterocycles. The van der Waals surface area contributed by atoms with Gasteiger partial charge in [0.25, 0.3) is 10.1 Å². The van der Waals surface area contributed by atoms with Crippen LogP contribution < -0.4 is 0 Å². The Bertz CT molecular complexity index is 361. The van der Waals surface area contributed by atoms with E-state index in [2.05, 4.69) is 0 Å². The Morgan fingerprint density at radius 2 is 1.17 bits per heavy atom. The third kappa shape index (κ3) is 14.0. The summed E-state index contributed by atoms with van der Waals surface area (Å²) in [5.74, 6) is 1.09. The summed E-state index contributed by atoms with van der Waals surface area (Å²) in [5, 5.41) is 0. The van der Waals surface area contributed by atoms with E-state index in [1.54, 1.807) is 0 Å². The topological polar surface area (TPSA) is 43.4 Å². The van der Waals surface area contributed by atoms with E-state index in [-0.39, 0.29) is 0 Å². The van der Waals surface area contributed by atoms with Crippen LogP contribution in [0.15, 0.2) is 0 Å². The second kappa shape index (κ2) is 13.2. The number of unbranched alkanes of at least 4 members (excludes halogenated alkanes) is 11. The molecule has 0 aromatic rings. The molecular weight excluding hydrogens is 308 g/mol. The van der Waals surface area contributed by atoms with Crippen LogP contribution in [0, 0.1) is 5.92 Å². The van der Waals surface area contributed by atoms with Crippen LogP contribution in [0.3, 0.4) is 0 Å². The Morgan fingerprint density at radius 3 is 1.57 bits per heavy atom. The van der Waals surface area contributed by atoms with Crippen LogP contribution in [0.4, 0.5) is 0 Å². The lowest BCUT2D eigenvalue weighted by molar-refractivity contribution is 0.286. The van der Waals surface area contributed by atoms with Gasteiger partial charge in [-0.3, -0.25) is 4.18 Å². The van der Waals surface area contributed by atoms with Gasteiger partial charge in [-0.25, -0.2) is 0 Å². The molecule has 0 unspecified atom stereocenters. The zero-order valence-electron chi connectivity index (χ0n) is 15.2. The van der Waals surface area contributed by atoms with Crippen molar-refractivity contribution in [2.75, 3.05) is 12.9 Å². The lowest BCUT2D eigenvalue weighted by Gasteiger charge is -2.24. The lowest BCUT2D eigenvalue weighted by Crippen LogP contribution is -2.10. The maximum atomic E-state index is 10.8. The summed E-state index contributed by atoms with van der Waals surface area (Å²) in [6, 6.07) is 0. The fourth-order valence-corrected chi connectivity index (χ4v) is 3.72. The molecule has 0 bridgehead atoms. The molecule has 0 aliphatic heterocycles.